The molecule has 0 spiro atoms. The fourth-order valence-electron chi connectivity index (χ4n) is 1.93. The SMILES string of the molecule is CCCNc1ncnc(NCCC(O)COC)c1CC. The molecule has 0 fully saturated rings. The molecule has 20 heavy (non-hydrogen) atoms. The molecule has 1 rings (SSSR count). The smallest absolute Gasteiger partial charge is 0.134 e. The van der Waals surface area contributed by atoms with Gasteiger partial charge in [0.2, 0.25) is 0 Å². The molecule has 0 bridgehead atoms. The Kier molecular flexibility index (Phi) is 7.91. The third-order valence-corrected chi connectivity index (χ3v) is 2.97. The van der Waals surface area contributed by atoms with Crippen LogP contribution in [0.1, 0.15) is 32.3 Å². The van der Waals surface area contributed by atoms with E-state index in [2.05, 4.69) is 34.4 Å². The summed E-state index contributed by atoms with van der Waals surface area (Å²) in [5.41, 5.74) is 1.09. The van der Waals surface area contributed by atoms with Crippen molar-refractivity contribution in [3.8, 4) is 0 Å². The maximum absolute atomic E-state index is 9.61. The molecule has 0 saturated heterocycles. The van der Waals surface area contributed by atoms with Crippen LogP contribution in [0, 0.1) is 0 Å². The summed E-state index contributed by atoms with van der Waals surface area (Å²) in [6, 6.07) is 0. The number of ether oxygens (including phenoxy) is 1. The number of methoxy groups -OCH3 is 1. The van der Waals surface area contributed by atoms with Gasteiger partial charge in [-0.25, -0.2) is 9.97 Å². The van der Waals surface area contributed by atoms with Crippen LogP contribution in [0.15, 0.2) is 6.33 Å². The van der Waals surface area contributed by atoms with E-state index in [4.69, 9.17) is 4.74 Å². The molecule has 1 aromatic heterocycles. The second-order valence-electron chi connectivity index (χ2n) is 4.65. The molecule has 3 N–H and O–H groups in total. The molecule has 6 nitrogen and oxygen atoms in total. The Bertz CT molecular complexity index is 387. The van der Waals surface area contributed by atoms with Gasteiger partial charge in [-0.2, -0.15) is 0 Å². The molecule has 114 valence electrons. The summed E-state index contributed by atoms with van der Waals surface area (Å²) in [7, 11) is 1.59. The fraction of sp³-hybridized carbons (Fsp3) is 0.714. The van der Waals surface area contributed by atoms with Crippen molar-refractivity contribution < 1.29 is 9.84 Å². The lowest BCUT2D eigenvalue weighted by atomic mass is 10.2. The summed E-state index contributed by atoms with van der Waals surface area (Å²) >= 11 is 0. The van der Waals surface area contributed by atoms with E-state index in [0.29, 0.717) is 19.6 Å². The van der Waals surface area contributed by atoms with E-state index in [1.165, 1.54) is 0 Å². The van der Waals surface area contributed by atoms with E-state index in [-0.39, 0.29) is 0 Å². The number of nitrogens with one attached hydrogen (secondary N) is 2. The Morgan fingerprint density at radius 2 is 1.85 bits per heavy atom. The summed E-state index contributed by atoms with van der Waals surface area (Å²) in [6.07, 6.45) is 3.65. The summed E-state index contributed by atoms with van der Waals surface area (Å²) in [5, 5.41) is 16.2. The molecule has 1 unspecified atom stereocenters. The third kappa shape index (κ3) is 5.30. The zero-order valence-corrected chi connectivity index (χ0v) is 12.6. The number of nitrogens with zero attached hydrogens (tertiary/aromatic N) is 2. The second kappa shape index (κ2) is 9.50. The highest BCUT2D eigenvalue weighted by atomic mass is 16.5. The highest BCUT2D eigenvalue weighted by Gasteiger charge is 2.10. The van der Waals surface area contributed by atoms with Crippen LogP contribution in [0.5, 0.6) is 0 Å². The summed E-state index contributed by atoms with van der Waals surface area (Å²) in [4.78, 5) is 8.57. The van der Waals surface area contributed by atoms with Gasteiger partial charge in [0.15, 0.2) is 0 Å². The molecule has 1 atom stereocenters. The van der Waals surface area contributed by atoms with Crippen molar-refractivity contribution >= 4 is 11.6 Å². The number of aromatic nitrogens is 2. The van der Waals surface area contributed by atoms with Gasteiger partial charge in [0.05, 0.1) is 12.7 Å². The number of aliphatic hydroxyl groups excluding tert-OH is 1. The maximum atomic E-state index is 9.61. The van der Waals surface area contributed by atoms with Crippen LogP contribution in [-0.2, 0) is 11.2 Å². The van der Waals surface area contributed by atoms with Gasteiger partial charge in [0, 0.05) is 25.8 Å². The van der Waals surface area contributed by atoms with Crippen LogP contribution in [0.2, 0.25) is 0 Å². The van der Waals surface area contributed by atoms with Crippen LogP contribution < -0.4 is 10.6 Å². The van der Waals surface area contributed by atoms with Crippen molar-refractivity contribution in [2.75, 3.05) is 37.4 Å². The minimum Gasteiger partial charge on any atom is -0.391 e. The molecule has 0 aliphatic rings. The number of aliphatic hydroxyl groups is 1. The van der Waals surface area contributed by atoms with E-state index >= 15 is 0 Å². The van der Waals surface area contributed by atoms with Crippen molar-refractivity contribution in [1.29, 1.82) is 0 Å². The van der Waals surface area contributed by atoms with Crippen LogP contribution >= 0.6 is 0 Å². The molecule has 1 heterocycles. The first-order chi connectivity index (χ1) is 9.72. The first-order valence-electron chi connectivity index (χ1n) is 7.21. The molecule has 0 radical (unpaired) electrons. The Hall–Kier alpha value is -1.40. The molecule has 0 aliphatic heterocycles. The molecule has 1 aromatic rings. The highest BCUT2D eigenvalue weighted by Crippen LogP contribution is 2.20. The minimum absolute atomic E-state index is 0.357. The topological polar surface area (TPSA) is 79.3 Å². The molecular formula is C14H26N4O2. The van der Waals surface area contributed by atoms with Crippen molar-refractivity contribution in [3.05, 3.63) is 11.9 Å². The molecular weight excluding hydrogens is 256 g/mol. The lowest BCUT2D eigenvalue weighted by Gasteiger charge is -2.15. The quantitative estimate of drug-likeness (QED) is 0.606. The average molecular weight is 282 g/mol. The third-order valence-electron chi connectivity index (χ3n) is 2.97. The predicted molar refractivity (Wildman–Crippen MR) is 81.2 cm³/mol. The number of hydrogen-bond acceptors (Lipinski definition) is 6. The van der Waals surface area contributed by atoms with E-state index < -0.39 is 6.10 Å². The molecule has 0 aromatic carbocycles. The zero-order valence-electron chi connectivity index (χ0n) is 12.6. The summed E-state index contributed by atoms with van der Waals surface area (Å²) in [5.74, 6) is 1.73. The average Bonchev–Trinajstić information content (AvgIpc) is 2.45. The first-order valence-corrected chi connectivity index (χ1v) is 7.21. The molecule has 0 aliphatic carbocycles. The lowest BCUT2D eigenvalue weighted by Crippen LogP contribution is -2.19. The monoisotopic (exact) mass is 282 g/mol. The molecule has 6 heteroatoms. The summed E-state index contributed by atoms with van der Waals surface area (Å²) < 4.78 is 4.90. The first kappa shape index (κ1) is 16.7. The van der Waals surface area contributed by atoms with E-state index in [1.54, 1.807) is 13.4 Å². The van der Waals surface area contributed by atoms with Gasteiger partial charge >= 0.3 is 0 Å². The van der Waals surface area contributed by atoms with Gasteiger partial charge in [-0.3, -0.25) is 0 Å². The van der Waals surface area contributed by atoms with E-state index in [1.807, 2.05) is 0 Å². The van der Waals surface area contributed by atoms with Crippen LogP contribution in [-0.4, -0.2) is 48.0 Å². The Morgan fingerprint density at radius 3 is 2.40 bits per heavy atom. The Balaban J connectivity index is 2.60. The lowest BCUT2D eigenvalue weighted by molar-refractivity contribution is 0.0615. The van der Waals surface area contributed by atoms with Crippen molar-refractivity contribution in [3.63, 3.8) is 0 Å². The Morgan fingerprint density at radius 1 is 1.20 bits per heavy atom. The van der Waals surface area contributed by atoms with Crippen LogP contribution in [0.25, 0.3) is 0 Å². The number of anilines is 2. The van der Waals surface area contributed by atoms with Crippen LogP contribution in [0.4, 0.5) is 11.6 Å². The largest absolute Gasteiger partial charge is 0.391 e. The highest BCUT2D eigenvalue weighted by molar-refractivity contribution is 5.57. The van der Waals surface area contributed by atoms with Gasteiger partial charge in [0.1, 0.15) is 18.0 Å². The Labute approximate surface area is 121 Å². The molecule has 0 saturated carbocycles. The van der Waals surface area contributed by atoms with Gasteiger partial charge in [-0.1, -0.05) is 13.8 Å². The van der Waals surface area contributed by atoms with Crippen molar-refractivity contribution in [1.82, 2.24) is 9.97 Å². The number of hydrogen-bond donors (Lipinski definition) is 3. The number of rotatable bonds is 10. The second-order valence-corrected chi connectivity index (χ2v) is 4.65. The predicted octanol–water partition coefficient (Wildman–Crippen LogP) is 1.67. The summed E-state index contributed by atoms with van der Waals surface area (Å²) in [6.45, 7) is 6.12. The normalized spacial score (nSPS) is 12.2. The zero-order chi connectivity index (χ0) is 14.8. The van der Waals surface area contributed by atoms with E-state index in [9.17, 15) is 5.11 Å². The van der Waals surface area contributed by atoms with Crippen molar-refractivity contribution in [2.45, 2.75) is 39.2 Å². The van der Waals surface area contributed by atoms with Gasteiger partial charge < -0.3 is 20.5 Å². The standard InChI is InChI=1S/C14H26N4O2/c1-4-7-15-13-12(5-2)14(18-10-17-13)16-8-6-11(19)9-20-3/h10-11,19H,4-9H2,1-3H3,(H2,15,16,17,18). The maximum Gasteiger partial charge on any atom is 0.134 e. The van der Waals surface area contributed by atoms with Crippen molar-refractivity contribution in [2.24, 2.45) is 0 Å². The van der Waals surface area contributed by atoms with E-state index in [0.717, 1.165) is 36.6 Å². The molecule has 0 amide bonds. The van der Waals surface area contributed by atoms with Gasteiger partial charge in [-0.15, -0.1) is 0 Å². The fourth-order valence-corrected chi connectivity index (χ4v) is 1.93. The van der Waals surface area contributed by atoms with Crippen LogP contribution in [0.3, 0.4) is 0 Å². The van der Waals surface area contributed by atoms with Gasteiger partial charge in [0.25, 0.3) is 0 Å². The van der Waals surface area contributed by atoms with Gasteiger partial charge in [-0.05, 0) is 19.3 Å². The minimum atomic E-state index is -0.447.